The molecule has 2 aliphatic rings. The third-order valence-corrected chi connectivity index (χ3v) is 9.22. The summed E-state index contributed by atoms with van der Waals surface area (Å²) in [6.07, 6.45) is 4.48. The number of thioether (sulfide) groups is 1. The Labute approximate surface area is 188 Å². The number of likely N-dealkylation sites (tertiary alicyclic amines) is 1. The lowest BCUT2D eigenvalue weighted by Gasteiger charge is -2.32. The lowest BCUT2D eigenvalue weighted by Crippen LogP contribution is -2.39. The Morgan fingerprint density at radius 3 is 2.48 bits per heavy atom. The maximum absolute atomic E-state index is 12.7. The summed E-state index contributed by atoms with van der Waals surface area (Å²) in [6.45, 7) is 1.63. The van der Waals surface area contributed by atoms with Crippen molar-refractivity contribution in [1.29, 1.82) is 0 Å². The van der Waals surface area contributed by atoms with E-state index in [0.717, 1.165) is 38.2 Å². The quantitative estimate of drug-likeness (QED) is 0.588. The Hall–Kier alpha value is -1.87. The van der Waals surface area contributed by atoms with Crippen LogP contribution < -0.4 is 0 Å². The van der Waals surface area contributed by atoms with Gasteiger partial charge >= 0.3 is 0 Å². The summed E-state index contributed by atoms with van der Waals surface area (Å²) in [5.74, 6) is 2.56. The minimum absolute atomic E-state index is 0.115. The molecule has 0 radical (unpaired) electrons. The van der Waals surface area contributed by atoms with Gasteiger partial charge in [-0.25, -0.2) is 8.42 Å². The van der Waals surface area contributed by atoms with E-state index in [0.29, 0.717) is 29.7 Å². The Kier molecular flexibility index (Phi) is 7.01. The van der Waals surface area contributed by atoms with E-state index < -0.39 is 9.84 Å². The number of piperidine rings is 1. The molecular weight excluding hydrogens is 432 g/mol. The number of carbonyl (C=O) groups is 1. The summed E-state index contributed by atoms with van der Waals surface area (Å²) < 4.78 is 25.2. The Bertz CT molecular complexity index is 999. The van der Waals surface area contributed by atoms with Gasteiger partial charge in [-0.05, 0) is 43.1 Å². The molecule has 0 unspecified atom stereocenters. The van der Waals surface area contributed by atoms with E-state index in [1.807, 2.05) is 22.6 Å². The van der Waals surface area contributed by atoms with Crippen molar-refractivity contribution in [3.8, 4) is 0 Å². The molecule has 31 heavy (non-hydrogen) atoms. The SMILES string of the molecule is Cn1c(C[C@@H]2CCS(=O)(=O)C2)nnc1SCC(=O)N1CCC(Cc2ccccc2)CC1. The fraction of sp³-hybridized carbons (Fsp3) is 0.591. The number of sulfone groups is 1. The molecule has 0 bridgehead atoms. The van der Waals surface area contributed by atoms with Crippen molar-refractivity contribution in [2.75, 3.05) is 30.3 Å². The highest BCUT2D eigenvalue weighted by Gasteiger charge is 2.29. The highest BCUT2D eigenvalue weighted by atomic mass is 32.2. The van der Waals surface area contributed by atoms with E-state index in [4.69, 9.17) is 0 Å². The van der Waals surface area contributed by atoms with Crippen molar-refractivity contribution >= 4 is 27.5 Å². The summed E-state index contributed by atoms with van der Waals surface area (Å²) >= 11 is 1.41. The summed E-state index contributed by atoms with van der Waals surface area (Å²) in [5, 5.41) is 9.18. The molecule has 1 aromatic carbocycles. The molecule has 4 rings (SSSR count). The van der Waals surface area contributed by atoms with Crippen molar-refractivity contribution < 1.29 is 13.2 Å². The van der Waals surface area contributed by atoms with Gasteiger partial charge in [0.05, 0.1) is 17.3 Å². The molecule has 0 aliphatic carbocycles. The summed E-state index contributed by atoms with van der Waals surface area (Å²) in [7, 11) is -1.00. The lowest BCUT2D eigenvalue weighted by atomic mass is 9.90. The average molecular weight is 463 g/mol. The zero-order chi connectivity index (χ0) is 21.8. The van der Waals surface area contributed by atoms with Crippen LogP contribution in [0, 0.1) is 11.8 Å². The van der Waals surface area contributed by atoms with Crippen LogP contribution in [-0.2, 0) is 34.5 Å². The molecular formula is C22H30N4O3S2. The number of rotatable bonds is 7. The van der Waals surface area contributed by atoms with Crippen molar-refractivity contribution in [2.45, 2.75) is 37.3 Å². The molecule has 168 valence electrons. The molecule has 1 amide bonds. The highest BCUT2D eigenvalue weighted by Crippen LogP contribution is 2.25. The van der Waals surface area contributed by atoms with E-state index in [-0.39, 0.29) is 23.3 Å². The molecule has 1 atom stereocenters. The summed E-state index contributed by atoms with van der Waals surface area (Å²) in [5.41, 5.74) is 1.37. The number of hydrogen-bond acceptors (Lipinski definition) is 6. The van der Waals surface area contributed by atoms with E-state index in [2.05, 4.69) is 34.5 Å². The van der Waals surface area contributed by atoms with Crippen LogP contribution in [0.4, 0.5) is 0 Å². The standard InChI is InChI=1S/C22H30N4O3S2/c1-25-20(14-19-9-12-31(28,29)16-19)23-24-22(25)30-15-21(27)26-10-7-18(8-11-26)13-17-5-3-2-4-6-17/h2-6,18-19H,7-16H2,1H3/t19-/m0/s1. The largest absolute Gasteiger partial charge is 0.342 e. The van der Waals surface area contributed by atoms with Gasteiger partial charge in [0.1, 0.15) is 5.82 Å². The second-order valence-electron chi connectivity index (χ2n) is 8.73. The number of amides is 1. The second-order valence-corrected chi connectivity index (χ2v) is 11.9. The third kappa shape index (κ3) is 5.88. The van der Waals surface area contributed by atoms with Crippen LogP contribution in [0.5, 0.6) is 0 Å². The van der Waals surface area contributed by atoms with Crippen LogP contribution in [0.15, 0.2) is 35.5 Å². The maximum Gasteiger partial charge on any atom is 0.233 e. The highest BCUT2D eigenvalue weighted by molar-refractivity contribution is 7.99. The van der Waals surface area contributed by atoms with Gasteiger partial charge in [-0.1, -0.05) is 42.1 Å². The Morgan fingerprint density at radius 1 is 1.06 bits per heavy atom. The van der Waals surface area contributed by atoms with Gasteiger partial charge in [0.25, 0.3) is 0 Å². The van der Waals surface area contributed by atoms with Crippen LogP contribution in [0.2, 0.25) is 0 Å². The minimum Gasteiger partial charge on any atom is -0.342 e. The van der Waals surface area contributed by atoms with Crippen molar-refractivity contribution in [1.82, 2.24) is 19.7 Å². The summed E-state index contributed by atoms with van der Waals surface area (Å²) in [6, 6.07) is 10.6. The van der Waals surface area contributed by atoms with E-state index in [1.54, 1.807) is 0 Å². The first-order valence-electron chi connectivity index (χ1n) is 10.9. The van der Waals surface area contributed by atoms with E-state index >= 15 is 0 Å². The van der Waals surface area contributed by atoms with Crippen LogP contribution >= 0.6 is 11.8 Å². The predicted octanol–water partition coefficient (Wildman–Crippen LogP) is 2.37. The molecule has 2 aliphatic heterocycles. The van der Waals surface area contributed by atoms with E-state index in [1.165, 1.54) is 17.3 Å². The van der Waals surface area contributed by atoms with E-state index in [9.17, 15) is 13.2 Å². The number of benzene rings is 1. The summed E-state index contributed by atoms with van der Waals surface area (Å²) in [4.78, 5) is 14.7. The molecule has 2 saturated heterocycles. The topological polar surface area (TPSA) is 85.2 Å². The van der Waals surface area contributed by atoms with Crippen molar-refractivity contribution in [3.05, 3.63) is 41.7 Å². The van der Waals surface area contributed by atoms with Crippen molar-refractivity contribution in [2.24, 2.45) is 18.9 Å². The number of aromatic nitrogens is 3. The van der Waals surface area contributed by atoms with Gasteiger partial charge in [-0.15, -0.1) is 10.2 Å². The molecule has 1 aromatic heterocycles. The van der Waals surface area contributed by atoms with Gasteiger partial charge in [0.2, 0.25) is 5.91 Å². The van der Waals surface area contributed by atoms with Crippen molar-refractivity contribution in [3.63, 3.8) is 0 Å². The zero-order valence-corrected chi connectivity index (χ0v) is 19.6. The minimum atomic E-state index is -2.89. The van der Waals surface area contributed by atoms with Crippen LogP contribution in [0.3, 0.4) is 0 Å². The third-order valence-electron chi connectivity index (χ3n) is 6.38. The lowest BCUT2D eigenvalue weighted by molar-refractivity contribution is -0.129. The van der Waals surface area contributed by atoms with Crippen LogP contribution in [0.25, 0.3) is 0 Å². The smallest absolute Gasteiger partial charge is 0.233 e. The van der Waals surface area contributed by atoms with Crippen LogP contribution in [0.1, 0.15) is 30.7 Å². The number of hydrogen-bond donors (Lipinski definition) is 0. The molecule has 7 nitrogen and oxygen atoms in total. The first-order valence-corrected chi connectivity index (χ1v) is 13.7. The Morgan fingerprint density at radius 2 is 1.81 bits per heavy atom. The predicted molar refractivity (Wildman–Crippen MR) is 122 cm³/mol. The second kappa shape index (κ2) is 9.73. The van der Waals surface area contributed by atoms with Gasteiger partial charge < -0.3 is 9.47 Å². The van der Waals surface area contributed by atoms with Gasteiger partial charge in [0, 0.05) is 26.6 Å². The van der Waals surface area contributed by atoms with Crippen LogP contribution in [-0.4, -0.2) is 64.3 Å². The first-order chi connectivity index (χ1) is 14.9. The van der Waals surface area contributed by atoms with Gasteiger partial charge in [0.15, 0.2) is 15.0 Å². The molecule has 9 heteroatoms. The van der Waals surface area contributed by atoms with Gasteiger partial charge in [-0.3, -0.25) is 4.79 Å². The monoisotopic (exact) mass is 462 g/mol. The molecule has 0 N–H and O–H groups in total. The fourth-order valence-electron chi connectivity index (χ4n) is 4.49. The van der Waals surface area contributed by atoms with Gasteiger partial charge in [-0.2, -0.15) is 0 Å². The average Bonchev–Trinajstić information content (AvgIpc) is 3.29. The molecule has 0 spiro atoms. The first kappa shape index (κ1) is 22.3. The molecule has 3 heterocycles. The number of nitrogens with zero attached hydrogens (tertiary/aromatic N) is 4. The number of carbonyl (C=O) groups excluding carboxylic acids is 1. The molecule has 2 aromatic rings. The normalized spacial score (nSPS) is 21.5. The Balaban J connectivity index is 1.23. The molecule has 2 fully saturated rings. The molecule has 0 saturated carbocycles. The maximum atomic E-state index is 12.7. The zero-order valence-electron chi connectivity index (χ0n) is 17.9. The fourth-order valence-corrected chi connectivity index (χ4v) is 7.19.